The number of oxime groups is 1. The zero-order chi connectivity index (χ0) is 13.8. The van der Waals surface area contributed by atoms with Gasteiger partial charge >= 0.3 is 0 Å². The van der Waals surface area contributed by atoms with Crippen molar-refractivity contribution in [2.45, 2.75) is 20.8 Å². The van der Waals surface area contributed by atoms with Crippen LogP contribution in [-0.4, -0.2) is 17.9 Å². The normalized spacial score (nSPS) is 11.5. The Morgan fingerprint density at radius 3 is 2.74 bits per heavy atom. The Bertz CT molecular complexity index is 558. The number of thiophene rings is 1. The zero-order valence-corrected chi connectivity index (χ0v) is 12.4. The highest BCUT2D eigenvalue weighted by Gasteiger charge is 2.16. The average molecular weight is 275 g/mol. The molecule has 0 saturated heterocycles. The number of aryl methyl sites for hydroxylation is 2. The van der Waals surface area contributed by atoms with E-state index in [-0.39, 0.29) is 0 Å². The molecular weight excluding hydrogens is 258 g/mol. The van der Waals surface area contributed by atoms with Crippen molar-refractivity contribution in [1.29, 1.82) is 0 Å². The summed E-state index contributed by atoms with van der Waals surface area (Å²) in [5.74, 6) is 1.61. The van der Waals surface area contributed by atoms with E-state index in [1.807, 2.05) is 42.3 Å². The van der Waals surface area contributed by atoms with E-state index in [2.05, 4.69) is 23.1 Å². The van der Waals surface area contributed by atoms with Crippen molar-refractivity contribution in [1.82, 2.24) is 4.98 Å². The summed E-state index contributed by atoms with van der Waals surface area (Å²) in [4.78, 5) is 11.5. The molecule has 0 aliphatic carbocycles. The molecule has 0 atom stereocenters. The Labute approximate surface area is 117 Å². The fourth-order valence-electron chi connectivity index (χ4n) is 1.94. The molecule has 2 aromatic rings. The minimum atomic E-state index is 0.752. The monoisotopic (exact) mass is 275 g/mol. The highest BCUT2D eigenvalue weighted by molar-refractivity contribution is 7.14. The molecule has 0 amide bonds. The van der Waals surface area contributed by atoms with E-state index in [1.54, 1.807) is 18.4 Å². The van der Waals surface area contributed by atoms with Gasteiger partial charge < -0.3 is 4.84 Å². The van der Waals surface area contributed by atoms with Gasteiger partial charge in [0, 0.05) is 5.69 Å². The van der Waals surface area contributed by atoms with E-state index in [0.29, 0.717) is 0 Å². The van der Waals surface area contributed by atoms with Gasteiger partial charge in [-0.2, -0.15) is 0 Å². The first kappa shape index (κ1) is 13.5. The summed E-state index contributed by atoms with van der Waals surface area (Å²) in [5, 5.41) is 7.12. The van der Waals surface area contributed by atoms with Crippen LogP contribution in [0.1, 0.15) is 18.2 Å². The van der Waals surface area contributed by atoms with Crippen LogP contribution < -0.4 is 4.90 Å². The van der Waals surface area contributed by atoms with Crippen LogP contribution in [0.5, 0.6) is 0 Å². The van der Waals surface area contributed by atoms with Crippen LogP contribution in [0.2, 0.25) is 0 Å². The third kappa shape index (κ3) is 3.12. The molecule has 0 fully saturated rings. The van der Waals surface area contributed by atoms with E-state index in [1.165, 1.54) is 5.56 Å². The fraction of sp³-hybridized carbons (Fsp3) is 0.286. The predicted molar refractivity (Wildman–Crippen MR) is 80.3 cm³/mol. The SMILES string of the molecule is CON=C(C)N(c1cc(C)cc(C)n1)c1cccs1. The van der Waals surface area contributed by atoms with Crippen LogP contribution in [-0.2, 0) is 4.84 Å². The molecule has 0 radical (unpaired) electrons. The number of hydrogen-bond acceptors (Lipinski definition) is 4. The molecule has 0 aliphatic rings. The molecule has 0 N–H and O–H groups in total. The number of anilines is 2. The fourth-order valence-corrected chi connectivity index (χ4v) is 2.73. The maximum Gasteiger partial charge on any atom is 0.152 e. The van der Waals surface area contributed by atoms with Crippen LogP contribution in [0.4, 0.5) is 10.8 Å². The lowest BCUT2D eigenvalue weighted by Gasteiger charge is -2.21. The van der Waals surface area contributed by atoms with Gasteiger partial charge in [-0.1, -0.05) is 5.16 Å². The van der Waals surface area contributed by atoms with Gasteiger partial charge in [0.25, 0.3) is 0 Å². The molecule has 0 bridgehead atoms. The second-order valence-electron chi connectivity index (χ2n) is 4.25. The van der Waals surface area contributed by atoms with E-state index in [9.17, 15) is 0 Å². The quantitative estimate of drug-likeness (QED) is 0.484. The zero-order valence-electron chi connectivity index (χ0n) is 11.5. The first-order chi connectivity index (χ1) is 9.11. The minimum absolute atomic E-state index is 0.752. The molecule has 0 aliphatic heterocycles. The van der Waals surface area contributed by atoms with Gasteiger partial charge in [-0.05, 0) is 56.0 Å². The van der Waals surface area contributed by atoms with Gasteiger partial charge in [0.15, 0.2) is 5.84 Å². The molecule has 0 unspecified atom stereocenters. The van der Waals surface area contributed by atoms with Crippen molar-refractivity contribution >= 4 is 28.0 Å². The third-order valence-corrected chi connectivity index (χ3v) is 3.44. The highest BCUT2D eigenvalue weighted by Crippen LogP contribution is 2.29. The first-order valence-corrected chi connectivity index (χ1v) is 6.86. The van der Waals surface area contributed by atoms with Crippen molar-refractivity contribution in [3.8, 4) is 0 Å². The molecule has 4 nitrogen and oxygen atoms in total. The summed E-state index contributed by atoms with van der Waals surface area (Å²) >= 11 is 1.64. The number of amidine groups is 1. The Morgan fingerprint density at radius 2 is 2.16 bits per heavy atom. The maximum absolute atomic E-state index is 4.89. The standard InChI is InChI=1S/C14H17N3OS/c1-10-8-11(2)15-13(9-10)17(12(3)16-18-4)14-6-5-7-19-14/h5-9H,1-4H3. The van der Waals surface area contributed by atoms with Crippen LogP contribution >= 0.6 is 11.3 Å². The second-order valence-corrected chi connectivity index (χ2v) is 5.18. The van der Waals surface area contributed by atoms with Crippen molar-refractivity contribution < 1.29 is 4.84 Å². The van der Waals surface area contributed by atoms with Crippen LogP contribution in [0.25, 0.3) is 0 Å². The van der Waals surface area contributed by atoms with Crippen molar-refractivity contribution in [3.63, 3.8) is 0 Å². The minimum Gasteiger partial charge on any atom is -0.398 e. The van der Waals surface area contributed by atoms with Gasteiger partial charge in [-0.15, -0.1) is 11.3 Å². The van der Waals surface area contributed by atoms with Crippen LogP contribution in [0.15, 0.2) is 34.8 Å². The number of rotatable bonds is 3. The molecule has 0 spiro atoms. The summed E-state index contributed by atoms with van der Waals surface area (Å²) < 4.78 is 0. The summed E-state index contributed by atoms with van der Waals surface area (Å²) in [5.41, 5.74) is 2.16. The molecular formula is C14H17N3OS. The van der Waals surface area contributed by atoms with Crippen molar-refractivity contribution in [2.75, 3.05) is 12.0 Å². The summed E-state index contributed by atoms with van der Waals surface area (Å²) in [7, 11) is 1.55. The molecule has 2 aromatic heterocycles. The Kier molecular flexibility index (Phi) is 4.16. The lowest BCUT2D eigenvalue weighted by molar-refractivity contribution is 0.212. The van der Waals surface area contributed by atoms with E-state index in [4.69, 9.17) is 4.84 Å². The van der Waals surface area contributed by atoms with E-state index < -0.39 is 0 Å². The van der Waals surface area contributed by atoms with E-state index >= 15 is 0 Å². The Balaban J connectivity index is 2.51. The van der Waals surface area contributed by atoms with Crippen molar-refractivity contribution in [2.24, 2.45) is 5.16 Å². The topological polar surface area (TPSA) is 37.7 Å². The number of hydrogen-bond donors (Lipinski definition) is 0. The third-order valence-electron chi connectivity index (χ3n) is 2.59. The maximum atomic E-state index is 4.89. The van der Waals surface area contributed by atoms with Crippen molar-refractivity contribution in [3.05, 3.63) is 40.9 Å². The molecule has 19 heavy (non-hydrogen) atoms. The molecule has 100 valence electrons. The molecule has 0 saturated carbocycles. The Hall–Kier alpha value is -1.88. The van der Waals surface area contributed by atoms with Gasteiger partial charge in [-0.3, -0.25) is 4.90 Å². The van der Waals surface area contributed by atoms with Gasteiger partial charge in [0.1, 0.15) is 17.9 Å². The predicted octanol–water partition coefficient (Wildman–Crippen LogP) is 3.88. The van der Waals surface area contributed by atoms with Crippen LogP contribution in [0, 0.1) is 13.8 Å². The summed E-state index contributed by atoms with van der Waals surface area (Å²) in [6, 6.07) is 8.15. The lowest BCUT2D eigenvalue weighted by Crippen LogP contribution is -2.23. The van der Waals surface area contributed by atoms with E-state index in [0.717, 1.165) is 22.3 Å². The Morgan fingerprint density at radius 1 is 1.37 bits per heavy atom. The smallest absolute Gasteiger partial charge is 0.152 e. The average Bonchev–Trinajstić information content (AvgIpc) is 2.82. The molecule has 2 heterocycles. The van der Waals surface area contributed by atoms with Gasteiger partial charge in [-0.25, -0.2) is 4.98 Å². The molecule has 5 heteroatoms. The number of nitrogens with zero attached hydrogens (tertiary/aromatic N) is 3. The summed E-state index contributed by atoms with van der Waals surface area (Å²) in [6.45, 7) is 5.96. The first-order valence-electron chi connectivity index (χ1n) is 5.98. The lowest BCUT2D eigenvalue weighted by atomic mass is 10.2. The second kappa shape index (κ2) is 5.84. The van der Waals surface area contributed by atoms with Gasteiger partial charge in [0.2, 0.25) is 0 Å². The summed E-state index contributed by atoms with van der Waals surface area (Å²) in [6.07, 6.45) is 0. The highest BCUT2D eigenvalue weighted by atomic mass is 32.1. The van der Waals surface area contributed by atoms with Crippen LogP contribution in [0.3, 0.4) is 0 Å². The molecule has 0 aromatic carbocycles. The number of aromatic nitrogens is 1. The van der Waals surface area contributed by atoms with Gasteiger partial charge in [0.05, 0.1) is 0 Å². The number of pyridine rings is 1. The largest absolute Gasteiger partial charge is 0.398 e. The molecule has 2 rings (SSSR count).